The van der Waals surface area contributed by atoms with E-state index in [1.807, 2.05) is 29.9 Å². The number of hydrogen-bond donors (Lipinski definition) is 4. The molecule has 2 aliphatic heterocycles. The van der Waals surface area contributed by atoms with Gasteiger partial charge >= 0.3 is 0 Å². The minimum absolute atomic E-state index is 0.195. The normalized spacial score (nSPS) is 19.1. The molecule has 4 N–H and O–H groups in total. The van der Waals surface area contributed by atoms with Gasteiger partial charge in [-0.2, -0.15) is 5.10 Å². The van der Waals surface area contributed by atoms with Crippen LogP contribution in [-0.4, -0.2) is 76.4 Å². The summed E-state index contributed by atoms with van der Waals surface area (Å²) in [5.41, 5.74) is 5.65. The quantitative estimate of drug-likeness (QED) is 0.137. The van der Waals surface area contributed by atoms with Crippen LogP contribution in [0.25, 0.3) is 22.2 Å². The highest BCUT2D eigenvalue weighted by Crippen LogP contribution is 2.42. The molecule has 3 fully saturated rings. The van der Waals surface area contributed by atoms with Crippen LogP contribution in [0, 0.1) is 11.2 Å². The fourth-order valence-electron chi connectivity index (χ4n) is 8.03. The van der Waals surface area contributed by atoms with Gasteiger partial charge < -0.3 is 26.0 Å². The molecule has 11 nitrogen and oxygen atoms in total. The van der Waals surface area contributed by atoms with E-state index in [9.17, 15) is 9.59 Å². The number of aromatic nitrogens is 3. The van der Waals surface area contributed by atoms with E-state index in [0.717, 1.165) is 90.1 Å². The van der Waals surface area contributed by atoms with Crippen LogP contribution in [0.1, 0.15) is 75.3 Å². The molecule has 1 aliphatic carbocycles. The van der Waals surface area contributed by atoms with E-state index in [4.69, 9.17) is 9.72 Å². The minimum atomic E-state index is -1.15. The molecule has 53 heavy (non-hydrogen) atoms. The SMILES string of the molecule is CCc1nc2c(cnn2CC)c(NC2CCOCC2)c1CNC(=O)C1(C(=O)NCc2ccc(F)c(-c3cccc(CN4CCNC(C)C4)c3)c2)CCC1. The van der Waals surface area contributed by atoms with Gasteiger partial charge in [-0.25, -0.2) is 14.1 Å². The van der Waals surface area contributed by atoms with Crippen LogP contribution in [0.3, 0.4) is 0 Å². The van der Waals surface area contributed by atoms with Crippen LogP contribution >= 0.6 is 0 Å². The smallest absolute Gasteiger partial charge is 0.235 e. The molecule has 0 spiro atoms. The highest BCUT2D eigenvalue weighted by molar-refractivity contribution is 6.06. The second kappa shape index (κ2) is 16.3. The summed E-state index contributed by atoms with van der Waals surface area (Å²) in [5, 5.41) is 18.9. The zero-order valence-corrected chi connectivity index (χ0v) is 31.3. The lowest BCUT2D eigenvalue weighted by Crippen LogP contribution is -2.55. The fraction of sp³-hybridized carbons (Fsp3) is 0.512. The molecular formula is C41H53FN8O3. The summed E-state index contributed by atoms with van der Waals surface area (Å²) in [4.78, 5) is 35.2. The number of hydrogen-bond acceptors (Lipinski definition) is 8. The van der Waals surface area contributed by atoms with Crippen molar-refractivity contribution in [2.24, 2.45) is 5.41 Å². The van der Waals surface area contributed by atoms with Crippen LogP contribution in [0.4, 0.5) is 10.1 Å². The standard InChI is InChI=1S/C41H53FN8O3/c1-4-36-33(37(47-31-12-18-53-19-13-31)34-24-46-50(5-2)38(34)48-36)23-45-40(52)41(14-7-15-41)39(51)44-22-28-10-11-35(42)32(21-28)30-9-6-8-29(20-30)26-49-17-16-43-27(3)25-49/h6,8-11,20-21,24,27,31,43H,4-5,7,12-19,22-23,25-26H2,1-3H3,(H,44,51)(H,45,52)(H,47,48). The number of piperazine rings is 1. The third kappa shape index (κ3) is 7.95. The fourth-order valence-corrected chi connectivity index (χ4v) is 8.03. The molecule has 3 aliphatic rings. The Balaban J connectivity index is 1.04. The van der Waals surface area contributed by atoms with E-state index in [0.29, 0.717) is 50.6 Å². The van der Waals surface area contributed by atoms with Gasteiger partial charge in [-0.3, -0.25) is 14.5 Å². The van der Waals surface area contributed by atoms with Gasteiger partial charge in [-0.1, -0.05) is 37.6 Å². The van der Waals surface area contributed by atoms with Crippen LogP contribution in [0.5, 0.6) is 0 Å². The number of anilines is 1. The maximum absolute atomic E-state index is 15.2. The van der Waals surface area contributed by atoms with Crippen molar-refractivity contribution in [3.63, 3.8) is 0 Å². The predicted octanol–water partition coefficient (Wildman–Crippen LogP) is 5.31. The van der Waals surface area contributed by atoms with Gasteiger partial charge in [0.15, 0.2) is 5.65 Å². The Bertz CT molecular complexity index is 1940. The number of ether oxygens (including phenoxy) is 1. The number of amides is 2. The van der Waals surface area contributed by atoms with E-state index in [1.54, 1.807) is 12.1 Å². The Labute approximate surface area is 311 Å². The lowest BCUT2D eigenvalue weighted by atomic mass is 9.67. The topological polar surface area (TPSA) is 125 Å². The summed E-state index contributed by atoms with van der Waals surface area (Å²) in [7, 11) is 0. The summed E-state index contributed by atoms with van der Waals surface area (Å²) in [6.07, 6.45) is 6.07. The number of halogens is 1. The van der Waals surface area contributed by atoms with Crippen molar-refractivity contribution in [1.29, 1.82) is 0 Å². The molecule has 0 radical (unpaired) electrons. The first-order valence-electron chi connectivity index (χ1n) is 19.4. The number of carbonyl (C=O) groups excluding carboxylic acids is 2. The highest BCUT2D eigenvalue weighted by Gasteiger charge is 2.50. The van der Waals surface area contributed by atoms with Crippen LogP contribution < -0.4 is 21.3 Å². The number of nitrogens with zero attached hydrogens (tertiary/aromatic N) is 4. The number of benzene rings is 2. The molecule has 1 atom stereocenters. The van der Waals surface area contributed by atoms with Crippen LogP contribution in [0.2, 0.25) is 0 Å². The molecule has 2 aromatic heterocycles. The Kier molecular flexibility index (Phi) is 11.4. The largest absolute Gasteiger partial charge is 0.381 e. The Morgan fingerprint density at radius 3 is 2.55 bits per heavy atom. The summed E-state index contributed by atoms with van der Waals surface area (Å²) in [5.74, 6) is -0.886. The van der Waals surface area contributed by atoms with E-state index in [1.165, 1.54) is 6.07 Å². The molecule has 1 unspecified atom stereocenters. The third-order valence-electron chi connectivity index (χ3n) is 11.3. The van der Waals surface area contributed by atoms with E-state index in [2.05, 4.69) is 57.2 Å². The van der Waals surface area contributed by atoms with Crippen molar-refractivity contribution in [3.05, 3.63) is 76.9 Å². The minimum Gasteiger partial charge on any atom is -0.381 e. The Hall–Kier alpha value is -4.39. The van der Waals surface area contributed by atoms with E-state index < -0.39 is 5.41 Å². The van der Waals surface area contributed by atoms with Crippen LogP contribution in [-0.2, 0) is 46.9 Å². The molecule has 1 saturated carbocycles. The zero-order valence-electron chi connectivity index (χ0n) is 31.3. The maximum atomic E-state index is 15.2. The van der Waals surface area contributed by atoms with Gasteiger partial charge in [-0.15, -0.1) is 0 Å². The first kappa shape index (κ1) is 36.9. The maximum Gasteiger partial charge on any atom is 0.235 e. The number of fused-ring (bicyclic) bond motifs is 1. The molecule has 4 aromatic rings. The van der Waals surface area contributed by atoms with Crippen molar-refractivity contribution in [2.45, 2.75) is 97.6 Å². The number of carbonyl (C=O) groups is 2. The van der Waals surface area contributed by atoms with Crippen LogP contribution in [0.15, 0.2) is 48.7 Å². The first-order valence-corrected chi connectivity index (χ1v) is 19.4. The van der Waals surface area contributed by atoms with Gasteiger partial charge in [-0.05, 0) is 80.8 Å². The van der Waals surface area contributed by atoms with Gasteiger partial charge in [0.25, 0.3) is 0 Å². The molecule has 7 rings (SSSR count). The number of nitrogens with one attached hydrogen (secondary N) is 4. The molecular weight excluding hydrogens is 672 g/mol. The number of rotatable bonds is 13. The van der Waals surface area contributed by atoms with Crippen molar-refractivity contribution >= 4 is 28.5 Å². The summed E-state index contributed by atoms with van der Waals surface area (Å²) < 4.78 is 22.7. The molecule has 2 saturated heterocycles. The van der Waals surface area contributed by atoms with Gasteiger partial charge in [0.05, 0.1) is 17.3 Å². The van der Waals surface area contributed by atoms with Crippen molar-refractivity contribution in [1.82, 2.24) is 35.6 Å². The van der Waals surface area contributed by atoms with E-state index in [-0.39, 0.29) is 36.8 Å². The lowest BCUT2D eigenvalue weighted by Gasteiger charge is -2.38. The summed E-state index contributed by atoms with van der Waals surface area (Å²) in [6, 6.07) is 13.7. The Morgan fingerprint density at radius 2 is 1.83 bits per heavy atom. The Morgan fingerprint density at radius 1 is 1.04 bits per heavy atom. The first-order chi connectivity index (χ1) is 25.8. The molecule has 12 heteroatoms. The average Bonchev–Trinajstić information content (AvgIpc) is 3.57. The van der Waals surface area contributed by atoms with Crippen molar-refractivity contribution in [3.8, 4) is 11.1 Å². The van der Waals surface area contributed by atoms with Gasteiger partial charge in [0.2, 0.25) is 11.8 Å². The molecule has 282 valence electrons. The van der Waals surface area contributed by atoms with Gasteiger partial charge in [0, 0.05) is 87.9 Å². The average molecular weight is 725 g/mol. The highest BCUT2D eigenvalue weighted by atomic mass is 19.1. The molecule has 2 aromatic carbocycles. The van der Waals surface area contributed by atoms with Gasteiger partial charge in [0.1, 0.15) is 11.2 Å². The van der Waals surface area contributed by atoms with Crippen molar-refractivity contribution < 1.29 is 18.7 Å². The second-order valence-electron chi connectivity index (χ2n) is 14.9. The zero-order chi connectivity index (χ0) is 37.0. The van der Waals surface area contributed by atoms with E-state index >= 15 is 4.39 Å². The lowest BCUT2D eigenvalue weighted by molar-refractivity contribution is -0.149. The summed E-state index contributed by atoms with van der Waals surface area (Å²) >= 11 is 0. The molecule has 0 bridgehead atoms. The number of pyridine rings is 1. The summed E-state index contributed by atoms with van der Waals surface area (Å²) in [6.45, 7) is 12.6. The monoisotopic (exact) mass is 724 g/mol. The molecule has 2 amide bonds. The second-order valence-corrected chi connectivity index (χ2v) is 14.9. The van der Waals surface area contributed by atoms with Crippen molar-refractivity contribution in [2.75, 3.05) is 38.2 Å². The molecule has 4 heterocycles. The third-order valence-corrected chi connectivity index (χ3v) is 11.3. The predicted molar refractivity (Wildman–Crippen MR) is 205 cm³/mol. The number of aryl methyl sites for hydroxylation is 2.